The maximum Gasteiger partial charge on any atom is 0.160 e. The molecule has 0 aromatic rings. The molecule has 78 valence electrons. The molecule has 0 amide bonds. The molecule has 4 nitrogen and oxygen atoms in total. The van der Waals surface area contributed by atoms with Crippen LogP contribution in [-0.2, 0) is 4.74 Å². The summed E-state index contributed by atoms with van der Waals surface area (Å²) in [5.41, 5.74) is 0. The first-order valence-corrected chi connectivity index (χ1v) is 4.64. The molecule has 1 heterocycles. The average Bonchev–Trinajstić information content (AvgIpc) is 2.07. The molecule has 6 atom stereocenters. The second kappa shape index (κ2) is 3.92. The first kappa shape index (κ1) is 10.9. The summed E-state index contributed by atoms with van der Waals surface area (Å²) in [6.45, 7) is 5.13. The number of rotatable bonds is 1. The smallest absolute Gasteiger partial charge is 0.160 e. The summed E-state index contributed by atoms with van der Waals surface area (Å²) in [5, 5.41) is 28.4. The van der Waals surface area contributed by atoms with E-state index in [0.29, 0.717) is 0 Å². The fourth-order valence-electron chi connectivity index (χ4n) is 1.80. The van der Waals surface area contributed by atoms with Crippen LogP contribution in [0.5, 0.6) is 0 Å². The number of aliphatic hydroxyl groups is 3. The second-order valence-corrected chi connectivity index (χ2v) is 3.94. The number of aliphatic hydroxyl groups excluding tert-OH is 3. The van der Waals surface area contributed by atoms with Crippen LogP contribution < -0.4 is 0 Å². The molecule has 0 bridgehead atoms. The Hall–Kier alpha value is -0.160. The van der Waals surface area contributed by atoms with Gasteiger partial charge in [-0.15, -0.1) is 0 Å². The fourth-order valence-corrected chi connectivity index (χ4v) is 1.80. The molecule has 13 heavy (non-hydrogen) atoms. The Balaban J connectivity index is 2.70. The molecule has 4 heteroatoms. The Morgan fingerprint density at radius 3 is 2.15 bits per heavy atom. The molecule has 0 spiro atoms. The number of ether oxygens (including phenoxy) is 1. The molecule has 0 aromatic heterocycles. The first-order valence-electron chi connectivity index (χ1n) is 4.64. The third kappa shape index (κ3) is 2.02. The SMILES string of the molecule is CC(O)C1OC(O)C(C)C(O)C1C. The van der Waals surface area contributed by atoms with Crippen LogP contribution >= 0.6 is 0 Å². The summed E-state index contributed by atoms with van der Waals surface area (Å²) in [4.78, 5) is 0. The van der Waals surface area contributed by atoms with E-state index in [0.717, 1.165) is 0 Å². The Morgan fingerprint density at radius 1 is 1.15 bits per heavy atom. The molecule has 0 aliphatic carbocycles. The quantitative estimate of drug-likeness (QED) is 0.532. The summed E-state index contributed by atoms with van der Waals surface area (Å²) in [5.74, 6) is -0.455. The molecule has 0 aromatic carbocycles. The van der Waals surface area contributed by atoms with E-state index in [1.165, 1.54) is 0 Å². The minimum Gasteiger partial charge on any atom is -0.392 e. The lowest BCUT2D eigenvalue weighted by atomic mass is 9.84. The van der Waals surface area contributed by atoms with E-state index >= 15 is 0 Å². The summed E-state index contributed by atoms with van der Waals surface area (Å²) in [6.07, 6.45) is -2.76. The lowest BCUT2D eigenvalue weighted by Crippen LogP contribution is -2.52. The maximum atomic E-state index is 9.68. The van der Waals surface area contributed by atoms with E-state index in [9.17, 15) is 15.3 Å². The highest BCUT2D eigenvalue weighted by Crippen LogP contribution is 2.30. The molecule has 1 aliphatic rings. The zero-order chi connectivity index (χ0) is 10.2. The molecule has 1 aliphatic heterocycles. The molecule has 1 fully saturated rings. The zero-order valence-corrected chi connectivity index (χ0v) is 8.21. The van der Waals surface area contributed by atoms with Gasteiger partial charge in [0.15, 0.2) is 6.29 Å². The van der Waals surface area contributed by atoms with E-state index in [2.05, 4.69) is 0 Å². The second-order valence-electron chi connectivity index (χ2n) is 3.94. The molecule has 6 unspecified atom stereocenters. The van der Waals surface area contributed by atoms with Crippen molar-refractivity contribution in [3.05, 3.63) is 0 Å². The van der Waals surface area contributed by atoms with E-state index in [1.54, 1.807) is 13.8 Å². The Bertz CT molecular complexity index is 171. The molecule has 1 rings (SSSR count). The van der Waals surface area contributed by atoms with Crippen molar-refractivity contribution in [3.8, 4) is 0 Å². The monoisotopic (exact) mass is 190 g/mol. The summed E-state index contributed by atoms with van der Waals surface area (Å²) in [6, 6.07) is 0. The van der Waals surface area contributed by atoms with Crippen molar-refractivity contribution in [1.82, 2.24) is 0 Å². The van der Waals surface area contributed by atoms with Crippen LogP contribution in [0.1, 0.15) is 20.8 Å². The van der Waals surface area contributed by atoms with Gasteiger partial charge in [-0.3, -0.25) is 0 Å². The van der Waals surface area contributed by atoms with Gasteiger partial charge < -0.3 is 20.1 Å². The van der Waals surface area contributed by atoms with Crippen LogP contribution in [0, 0.1) is 11.8 Å². The summed E-state index contributed by atoms with van der Waals surface area (Å²) >= 11 is 0. The first-order chi connectivity index (χ1) is 5.95. The van der Waals surface area contributed by atoms with Crippen molar-refractivity contribution in [2.75, 3.05) is 0 Å². The topological polar surface area (TPSA) is 69.9 Å². The number of hydrogen-bond acceptors (Lipinski definition) is 4. The van der Waals surface area contributed by atoms with E-state index in [-0.39, 0.29) is 11.8 Å². The highest BCUT2D eigenvalue weighted by atomic mass is 16.6. The largest absolute Gasteiger partial charge is 0.392 e. The van der Waals surface area contributed by atoms with Gasteiger partial charge in [-0.05, 0) is 6.92 Å². The third-order valence-electron chi connectivity index (χ3n) is 2.82. The van der Waals surface area contributed by atoms with Gasteiger partial charge in [0.1, 0.15) is 0 Å². The van der Waals surface area contributed by atoms with Crippen LogP contribution in [0.3, 0.4) is 0 Å². The minimum atomic E-state index is -0.981. The molecular formula is C9H18O4. The molecule has 3 N–H and O–H groups in total. The highest BCUT2D eigenvalue weighted by molar-refractivity contribution is 4.86. The Kier molecular flexibility index (Phi) is 3.29. The van der Waals surface area contributed by atoms with Crippen molar-refractivity contribution >= 4 is 0 Å². The summed E-state index contributed by atoms with van der Waals surface area (Å²) in [7, 11) is 0. The van der Waals surface area contributed by atoms with E-state index in [4.69, 9.17) is 4.74 Å². The number of hydrogen-bond donors (Lipinski definition) is 3. The Morgan fingerprint density at radius 2 is 1.69 bits per heavy atom. The van der Waals surface area contributed by atoms with Crippen LogP contribution in [0.15, 0.2) is 0 Å². The van der Waals surface area contributed by atoms with Gasteiger partial charge in [0, 0.05) is 11.8 Å². The van der Waals surface area contributed by atoms with Crippen LogP contribution in [0.4, 0.5) is 0 Å². The van der Waals surface area contributed by atoms with Crippen molar-refractivity contribution in [2.24, 2.45) is 11.8 Å². The molecular weight excluding hydrogens is 172 g/mol. The molecule has 1 saturated heterocycles. The van der Waals surface area contributed by atoms with Gasteiger partial charge in [-0.1, -0.05) is 13.8 Å². The zero-order valence-electron chi connectivity index (χ0n) is 8.21. The van der Waals surface area contributed by atoms with Gasteiger partial charge in [0.25, 0.3) is 0 Å². The van der Waals surface area contributed by atoms with Crippen LogP contribution in [0.2, 0.25) is 0 Å². The van der Waals surface area contributed by atoms with Crippen molar-refractivity contribution in [2.45, 2.75) is 45.4 Å². The fraction of sp³-hybridized carbons (Fsp3) is 1.00. The van der Waals surface area contributed by atoms with Gasteiger partial charge >= 0.3 is 0 Å². The van der Waals surface area contributed by atoms with Crippen LogP contribution in [0.25, 0.3) is 0 Å². The Labute approximate surface area is 78.1 Å². The van der Waals surface area contributed by atoms with Crippen molar-refractivity contribution in [1.29, 1.82) is 0 Å². The minimum absolute atomic E-state index is 0.154. The van der Waals surface area contributed by atoms with E-state index in [1.807, 2.05) is 6.92 Å². The molecule has 0 radical (unpaired) electrons. The van der Waals surface area contributed by atoms with Crippen molar-refractivity contribution < 1.29 is 20.1 Å². The van der Waals surface area contributed by atoms with Gasteiger partial charge in [0.2, 0.25) is 0 Å². The lowest BCUT2D eigenvalue weighted by Gasteiger charge is -2.41. The standard InChI is InChI=1S/C9H18O4/c1-4-7(11)5(2)9(12)13-8(4)6(3)10/h4-12H,1-3H3. The van der Waals surface area contributed by atoms with Crippen molar-refractivity contribution in [3.63, 3.8) is 0 Å². The summed E-state index contributed by atoms with van der Waals surface area (Å²) < 4.78 is 5.19. The maximum absolute atomic E-state index is 9.68. The third-order valence-corrected chi connectivity index (χ3v) is 2.82. The van der Waals surface area contributed by atoms with Gasteiger partial charge in [0.05, 0.1) is 18.3 Å². The van der Waals surface area contributed by atoms with Gasteiger partial charge in [-0.25, -0.2) is 0 Å². The van der Waals surface area contributed by atoms with Gasteiger partial charge in [-0.2, -0.15) is 0 Å². The predicted octanol–water partition coefficient (Wildman–Crippen LogP) is -0.282. The van der Waals surface area contributed by atoms with E-state index < -0.39 is 24.6 Å². The normalized spacial score (nSPS) is 48.9. The highest BCUT2D eigenvalue weighted by Gasteiger charge is 2.41. The molecule has 0 saturated carbocycles. The average molecular weight is 190 g/mol. The van der Waals surface area contributed by atoms with Crippen LogP contribution in [-0.4, -0.2) is 39.9 Å². The lowest BCUT2D eigenvalue weighted by molar-refractivity contribution is -0.259. The predicted molar refractivity (Wildman–Crippen MR) is 46.9 cm³/mol.